The van der Waals surface area contributed by atoms with Gasteiger partial charge >= 0.3 is 5.97 Å². The maximum absolute atomic E-state index is 13.7. The second-order valence-electron chi connectivity index (χ2n) is 2.90. The average Bonchev–Trinajstić information content (AvgIpc) is 2.57. The van der Waals surface area contributed by atoms with Crippen LogP contribution in [0.2, 0.25) is 5.15 Å². The molecule has 0 unspecified atom stereocenters. The topological polar surface area (TPSA) is 56.5 Å². The van der Waals surface area contributed by atoms with Crippen LogP contribution in [0.15, 0.2) is 12.1 Å². The molecule has 0 atom stereocenters. The number of halogens is 2. The first kappa shape index (κ1) is 10.8. The lowest BCUT2D eigenvalue weighted by Gasteiger charge is -1.96. The molecule has 0 aliphatic carbocycles. The number of imidazole rings is 1. The van der Waals surface area contributed by atoms with E-state index in [1.54, 1.807) is 6.92 Å². The van der Waals surface area contributed by atoms with E-state index in [4.69, 9.17) is 11.6 Å². The zero-order chi connectivity index (χ0) is 11.7. The minimum absolute atomic E-state index is 0.110. The van der Waals surface area contributed by atoms with E-state index in [2.05, 4.69) is 14.8 Å². The number of carbonyl (C=O) groups excluding carboxylic acids is 1. The summed E-state index contributed by atoms with van der Waals surface area (Å²) >= 11 is 5.60. The minimum atomic E-state index is -0.879. The van der Waals surface area contributed by atoms with E-state index >= 15 is 0 Å². The zero-order valence-corrected chi connectivity index (χ0v) is 9.03. The number of carbonyl (C=O) groups is 1. The highest BCUT2D eigenvalue weighted by atomic mass is 35.5. The predicted octanol–water partition coefficient (Wildman–Crippen LogP) is 1.70. The van der Waals surface area contributed by atoms with Crippen molar-refractivity contribution in [2.75, 3.05) is 6.61 Å². The van der Waals surface area contributed by atoms with Crippen LogP contribution >= 0.6 is 11.6 Å². The molecule has 5 nitrogen and oxygen atoms in total. The first-order valence-corrected chi connectivity index (χ1v) is 4.89. The summed E-state index contributed by atoms with van der Waals surface area (Å²) in [5.74, 6) is -1.70. The number of rotatable bonds is 2. The summed E-state index contributed by atoms with van der Waals surface area (Å²) in [4.78, 5) is 15.1. The van der Waals surface area contributed by atoms with Crippen molar-refractivity contribution in [3.05, 3.63) is 28.9 Å². The maximum atomic E-state index is 13.7. The Balaban J connectivity index is 2.56. The number of aromatic nitrogens is 3. The van der Waals surface area contributed by atoms with Crippen LogP contribution in [0.25, 0.3) is 5.65 Å². The van der Waals surface area contributed by atoms with Crippen LogP contribution in [-0.2, 0) is 4.74 Å². The van der Waals surface area contributed by atoms with Gasteiger partial charge in [0.1, 0.15) is 5.15 Å². The molecule has 2 heterocycles. The van der Waals surface area contributed by atoms with Crippen molar-refractivity contribution >= 4 is 23.2 Å². The standard InChI is InChI=1S/C9H7ClFN3O2/c1-2-16-9(15)7-8(11)14-6(12-7)4-3-5(10)13-14/h3-4H,2H2,1H3. The van der Waals surface area contributed by atoms with E-state index in [1.807, 2.05) is 0 Å². The molecule has 0 spiro atoms. The van der Waals surface area contributed by atoms with Crippen LogP contribution < -0.4 is 0 Å². The Hall–Kier alpha value is -1.69. The predicted molar refractivity (Wildman–Crippen MR) is 53.9 cm³/mol. The molecule has 16 heavy (non-hydrogen) atoms. The lowest BCUT2D eigenvalue weighted by atomic mass is 10.5. The molecule has 2 rings (SSSR count). The Morgan fingerprint density at radius 3 is 3.06 bits per heavy atom. The van der Waals surface area contributed by atoms with Crippen LogP contribution in [0.1, 0.15) is 17.4 Å². The first-order valence-electron chi connectivity index (χ1n) is 4.51. The molecule has 7 heteroatoms. The Morgan fingerprint density at radius 1 is 1.62 bits per heavy atom. The third kappa shape index (κ3) is 1.71. The van der Waals surface area contributed by atoms with E-state index in [0.717, 1.165) is 4.52 Å². The second kappa shape index (κ2) is 4.05. The summed E-state index contributed by atoms with van der Waals surface area (Å²) in [7, 11) is 0. The van der Waals surface area contributed by atoms with Gasteiger partial charge in [-0.15, -0.1) is 0 Å². The average molecular weight is 244 g/mol. The fraction of sp³-hybridized carbons (Fsp3) is 0.222. The van der Waals surface area contributed by atoms with Gasteiger partial charge in [0, 0.05) is 0 Å². The third-order valence-corrected chi connectivity index (χ3v) is 2.06. The number of hydrogen-bond donors (Lipinski definition) is 0. The smallest absolute Gasteiger partial charge is 0.361 e. The van der Waals surface area contributed by atoms with E-state index in [0.29, 0.717) is 0 Å². The molecule has 0 saturated carbocycles. The van der Waals surface area contributed by atoms with E-state index in [-0.39, 0.29) is 17.4 Å². The van der Waals surface area contributed by atoms with Crippen LogP contribution in [0.4, 0.5) is 4.39 Å². The molecular formula is C9H7ClFN3O2. The highest BCUT2D eigenvalue weighted by molar-refractivity contribution is 6.29. The molecule has 0 N–H and O–H groups in total. The minimum Gasteiger partial charge on any atom is -0.461 e. The highest BCUT2D eigenvalue weighted by Crippen LogP contribution is 2.13. The van der Waals surface area contributed by atoms with Gasteiger partial charge in [-0.05, 0) is 19.1 Å². The summed E-state index contributed by atoms with van der Waals surface area (Å²) in [5.41, 5.74) is -0.193. The summed E-state index contributed by atoms with van der Waals surface area (Å²) < 4.78 is 19.2. The fourth-order valence-corrected chi connectivity index (χ4v) is 1.35. The molecule has 0 amide bonds. The highest BCUT2D eigenvalue weighted by Gasteiger charge is 2.20. The molecule has 2 aromatic rings. The van der Waals surface area contributed by atoms with Gasteiger partial charge in [0.25, 0.3) is 0 Å². The molecule has 0 bridgehead atoms. The molecular weight excluding hydrogens is 237 g/mol. The molecule has 0 radical (unpaired) electrons. The number of ether oxygens (including phenoxy) is 1. The SMILES string of the molecule is CCOC(=O)c1nc2ccc(Cl)nn2c1F. The lowest BCUT2D eigenvalue weighted by Crippen LogP contribution is -2.07. The largest absolute Gasteiger partial charge is 0.461 e. The van der Waals surface area contributed by atoms with Gasteiger partial charge < -0.3 is 4.74 Å². The first-order chi connectivity index (χ1) is 7.63. The van der Waals surface area contributed by atoms with Crippen molar-refractivity contribution in [2.24, 2.45) is 0 Å². The Morgan fingerprint density at radius 2 is 2.38 bits per heavy atom. The van der Waals surface area contributed by atoms with Gasteiger partial charge in [0.15, 0.2) is 5.65 Å². The van der Waals surface area contributed by atoms with E-state index < -0.39 is 17.6 Å². The molecule has 0 aromatic carbocycles. The third-order valence-electron chi connectivity index (χ3n) is 1.86. The molecule has 0 aliphatic rings. The molecule has 84 valence electrons. The van der Waals surface area contributed by atoms with Crippen LogP contribution in [0, 0.1) is 5.95 Å². The zero-order valence-electron chi connectivity index (χ0n) is 8.28. The molecule has 0 aliphatic heterocycles. The number of fused-ring (bicyclic) bond motifs is 1. The summed E-state index contributed by atoms with van der Waals surface area (Å²) in [6.45, 7) is 1.78. The molecule has 2 aromatic heterocycles. The molecule has 0 saturated heterocycles. The quantitative estimate of drug-likeness (QED) is 0.754. The summed E-state index contributed by atoms with van der Waals surface area (Å²) in [6.07, 6.45) is 0. The van der Waals surface area contributed by atoms with Crippen molar-refractivity contribution in [1.82, 2.24) is 14.6 Å². The van der Waals surface area contributed by atoms with Gasteiger partial charge in [-0.25, -0.2) is 9.78 Å². The van der Waals surface area contributed by atoms with Crippen molar-refractivity contribution in [1.29, 1.82) is 0 Å². The van der Waals surface area contributed by atoms with Gasteiger partial charge in [-0.2, -0.15) is 14.0 Å². The van der Waals surface area contributed by atoms with Crippen molar-refractivity contribution in [2.45, 2.75) is 6.92 Å². The number of nitrogens with zero attached hydrogens (tertiary/aromatic N) is 3. The molecule has 0 fully saturated rings. The van der Waals surface area contributed by atoms with Gasteiger partial charge in [0.05, 0.1) is 6.61 Å². The normalized spacial score (nSPS) is 10.7. The summed E-state index contributed by atoms with van der Waals surface area (Å²) in [6, 6.07) is 2.92. The fourth-order valence-electron chi connectivity index (χ4n) is 1.21. The van der Waals surface area contributed by atoms with Crippen LogP contribution in [0.5, 0.6) is 0 Å². The van der Waals surface area contributed by atoms with Crippen molar-refractivity contribution in [3.63, 3.8) is 0 Å². The van der Waals surface area contributed by atoms with E-state index in [9.17, 15) is 9.18 Å². The van der Waals surface area contributed by atoms with E-state index in [1.165, 1.54) is 12.1 Å². The number of hydrogen-bond acceptors (Lipinski definition) is 4. The van der Waals surface area contributed by atoms with Crippen LogP contribution in [-0.4, -0.2) is 27.2 Å². The lowest BCUT2D eigenvalue weighted by molar-refractivity contribution is 0.0514. The Bertz CT molecular complexity index is 555. The van der Waals surface area contributed by atoms with Gasteiger partial charge in [-0.1, -0.05) is 11.6 Å². The van der Waals surface area contributed by atoms with Gasteiger partial charge in [0.2, 0.25) is 11.6 Å². The monoisotopic (exact) mass is 243 g/mol. The maximum Gasteiger partial charge on any atom is 0.361 e. The Labute approximate surface area is 94.8 Å². The Kier molecular flexibility index (Phi) is 2.74. The van der Waals surface area contributed by atoms with Crippen LogP contribution in [0.3, 0.4) is 0 Å². The van der Waals surface area contributed by atoms with Crippen molar-refractivity contribution in [3.8, 4) is 0 Å². The second-order valence-corrected chi connectivity index (χ2v) is 3.28. The van der Waals surface area contributed by atoms with Crippen molar-refractivity contribution < 1.29 is 13.9 Å². The number of esters is 1. The van der Waals surface area contributed by atoms with Gasteiger partial charge in [-0.3, -0.25) is 0 Å². The summed E-state index contributed by atoms with van der Waals surface area (Å²) in [5, 5.41) is 3.79.